The van der Waals surface area contributed by atoms with Gasteiger partial charge in [0.15, 0.2) is 0 Å². The minimum absolute atomic E-state index is 0.250. The van der Waals surface area contributed by atoms with Crippen molar-refractivity contribution in [3.63, 3.8) is 0 Å². The van der Waals surface area contributed by atoms with E-state index in [1.807, 2.05) is 6.07 Å². The molecular formula is C15H19N3O3. The first-order chi connectivity index (χ1) is 10.0. The van der Waals surface area contributed by atoms with Crippen molar-refractivity contribution in [2.75, 3.05) is 32.1 Å². The molecule has 1 aliphatic rings. The van der Waals surface area contributed by atoms with Crippen LogP contribution in [0.1, 0.15) is 18.4 Å². The summed E-state index contributed by atoms with van der Waals surface area (Å²) >= 11 is 0. The number of rotatable bonds is 3. The van der Waals surface area contributed by atoms with Crippen LogP contribution in [-0.2, 0) is 4.74 Å². The van der Waals surface area contributed by atoms with Crippen LogP contribution in [0.4, 0.5) is 10.5 Å². The van der Waals surface area contributed by atoms with Crippen LogP contribution in [0.5, 0.6) is 0 Å². The van der Waals surface area contributed by atoms with Crippen molar-refractivity contribution >= 4 is 11.7 Å². The van der Waals surface area contributed by atoms with E-state index in [1.54, 1.807) is 31.3 Å². The Morgan fingerprint density at radius 2 is 2.24 bits per heavy atom. The molecule has 0 radical (unpaired) electrons. The van der Waals surface area contributed by atoms with E-state index in [4.69, 9.17) is 10.00 Å². The number of aliphatic hydroxyl groups is 1. The summed E-state index contributed by atoms with van der Waals surface area (Å²) in [5.41, 5.74) is 0.155. The fourth-order valence-corrected chi connectivity index (χ4v) is 2.31. The number of amides is 2. The lowest BCUT2D eigenvalue weighted by Crippen LogP contribution is -2.48. The molecule has 1 aromatic carbocycles. The van der Waals surface area contributed by atoms with Gasteiger partial charge in [0.05, 0.1) is 23.8 Å². The summed E-state index contributed by atoms with van der Waals surface area (Å²) < 4.78 is 5.22. The monoisotopic (exact) mass is 289 g/mol. The number of hydrogen-bond acceptors (Lipinski definition) is 4. The van der Waals surface area contributed by atoms with Gasteiger partial charge in [-0.25, -0.2) is 4.79 Å². The Hall–Kier alpha value is -2.10. The van der Waals surface area contributed by atoms with Crippen molar-refractivity contribution in [1.82, 2.24) is 4.90 Å². The maximum Gasteiger partial charge on any atom is 0.321 e. The van der Waals surface area contributed by atoms with Gasteiger partial charge < -0.3 is 20.1 Å². The van der Waals surface area contributed by atoms with E-state index in [0.717, 1.165) is 0 Å². The number of carbonyl (C=O) groups is 1. The fourth-order valence-electron chi connectivity index (χ4n) is 2.31. The molecule has 6 heteroatoms. The molecule has 2 N–H and O–H groups in total. The number of anilines is 1. The molecule has 2 rings (SSSR count). The van der Waals surface area contributed by atoms with Crippen LogP contribution in [0.15, 0.2) is 24.3 Å². The lowest BCUT2D eigenvalue weighted by molar-refractivity contribution is -0.0717. The first-order valence-electron chi connectivity index (χ1n) is 6.85. The van der Waals surface area contributed by atoms with Crippen LogP contribution < -0.4 is 5.32 Å². The molecule has 0 aliphatic carbocycles. The van der Waals surface area contributed by atoms with Gasteiger partial charge in [-0.3, -0.25) is 0 Å². The first-order valence-corrected chi connectivity index (χ1v) is 6.85. The normalized spacial score (nSPS) is 16.8. The second-order valence-electron chi connectivity index (χ2n) is 5.32. The van der Waals surface area contributed by atoms with Crippen molar-refractivity contribution in [2.45, 2.75) is 18.4 Å². The van der Waals surface area contributed by atoms with Crippen LogP contribution in [-0.4, -0.2) is 48.4 Å². The topological polar surface area (TPSA) is 85.6 Å². The Kier molecular flexibility index (Phi) is 4.78. The smallest absolute Gasteiger partial charge is 0.321 e. The summed E-state index contributed by atoms with van der Waals surface area (Å²) in [6.45, 7) is 1.27. The Morgan fingerprint density at radius 3 is 2.90 bits per heavy atom. The van der Waals surface area contributed by atoms with Gasteiger partial charge >= 0.3 is 6.03 Å². The lowest BCUT2D eigenvalue weighted by atomic mass is 9.94. The Labute approximate surface area is 123 Å². The number of nitrogens with one attached hydrogen (secondary N) is 1. The van der Waals surface area contributed by atoms with Crippen molar-refractivity contribution in [3.8, 4) is 6.07 Å². The molecule has 1 aliphatic heterocycles. The molecule has 0 unspecified atom stereocenters. The summed E-state index contributed by atoms with van der Waals surface area (Å²) in [5.74, 6) is 0. The average Bonchev–Trinajstić information content (AvgIpc) is 2.47. The van der Waals surface area contributed by atoms with Gasteiger partial charge in [-0.2, -0.15) is 5.26 Å². The molecule has 0 atom stereocenters. The highest BCUT2D eigenvalue weighted by molar-refractivity contribution is 5.89. The molecule has 1 heterocycles. The maximum atomic E-state index is 12.1. The summed E-state index contributed by atoms with van der Waals surface area (Å²) in [7, 11) is 1.64. The minimum atomic E-state index is -0.890. The highest BCUT2D eigenvalue weighted by atomic mass is 16.5. The van der Waals surface area contributed by atoms with Crippen molar-refractivity contribution in [2.24, 2.45) is 0 Å². The van der Waals surface area contributed by atoms with Crippen LogP contribution in [0.2, 0.25) is 0 Å². The number of nitrogens with zero attached hydrogens (tertiary/aromatic N) is 2. The van der Waals surface area contributed by atoms with Crippen molar-refractivity contribution < 1.29 is 14.6 Å². The molecule has 0 aromatic heterocycles. The average molecular weight is 289 g/mol. The van der Waals surface area contributed by atoms with E-state index in [9.17, 15) is 9.90 Å². The molecule has 112 valence electrons. The fraction of sp³-hybridized carbons (Fsp3) is 0.467. The molecule has 1 fully saturated rings. The zero-order chi connectivity index (χ0) is 15.3. The summed E-state index contributed by atoms with van der Waals surface area (Å²) in [5, 5.41) is 21.9. The second kappa shape index (κ2) is 6.57. The van der Waals surface area contributed by atoms with Crippen molar-refractivity contribution in [3.05, 3.63) is 29.8 Å². The number of likely N-dealkylation sites (N-methyl/N-ethyl adjacent to an activating group) is 1. The molecule has 2 amide bonds. The number of ether oxygens (including phenoxy) is 1. The SMILES string of the molecule is CN(CC1(O)CCOCC1)C(=O)Nc1cccc(C#N)c1. The Morgan fingerprint density at radius 1 is 1.52 bits per heavy atom. The van der Waals surface area contributed by atoms with Gasteiger partial charge in [0.25, 0.3) is 0 Å². The third kappa shape index (κ3) is 4.18. The maximum absolute atomic E-state index is 12.1. The van der Waals surface area contributed by atoms with E-state index >= 15 is 0 Å². The zero-order valence-electron chi connectivity index (χ0n) is 12.0. The number of urea groups is 1. The quantitative estimate of drug-likeness (QED) is 0.884. The zero-order valence-corrected chi connectivity index (χ0v) is 12.0. The second-order valence-corrected chi connectivity index (χ2v) is 5.32. The molecule has 0 saturated carbocycles. The lowest BCUT2D eigenvalue weighted by Gasteiger charge is -2.35. The molecule has 1 aromatic rings. The summed E-state index contributed by atoms with van der Waals surface area (Å²) in [6.07, 6.45) is 1.04. The van der Waals surface area contributed by atoms with Crippen LogP contribution in [0.25, 0.3) is 0 Å². The third-order valence-electron chi connectivity index (χ3n) is 3.54. The number of nitriles is 1. The number of hydrogen-bond donors (Lipinski definition) is 2. The third-order valence-corrected chi connectivity index (χ3v) is 3.54. The van der Waals surface area contributed by atoms with E-state index < -0.39 is 5.60 Å². The molecule has 0 spiro atoms. The van der Waals surface area contributed by atoms with Gasteiger partial charge in [-0.05, 0) is 18.2 Å². The van der Waals surface area contributed by atoms with Crippen LogP contribution >= 0.6 is 0 Å². The van der Waals surface area contributed by atoms with E-state index in [-0.39, 0.29) is 12.6 Å². The molecular weight excluding hydrogens is 270 g/mol. The van der Waals surface area contributed by atoms with Crippen LogP contribution in [0, 0.1) is 11.3 Å². The Bertz CT molecular complexity index is 547. The molecule has 0 bridgehead atoms. The predicted octanol–water partition coefficient (Wildman–Crippen LogP) is 1.56. The van der Waals surface area contributed by atoms with Gasteiger partial charge in [0.2, 0.25) is 0 Å². The van der Waals surface area contributed by atoms with Crippen LogP contribution in [0.3, 0.4) is 0 Å². The highest BCUT2D eigenvalue weighted by Crippen LogP contribution is 2.21. The van der Waals surface area contributed by atoms with E-state index in [2.05, 4.69) is 5.32 Å². The highest BCUT2D eigenvalue weighted by Gasteiger charge is 2.32. The van der Waals surface area contributed by atoms with Gasteiger partial charge in [0, 0.05) is 38.8 Å². The number of carbonyl (C=O) groups excluding carboxylic acids is 1. The Balaban J connectivity index is 1.94. The summed E-state index contributed by atoms with van der Waals surface area (Å²) in [4.78, 5) is 13.6. The first kappa shape index (κ1) is 15.3. The molecule has 6 nitrogen and oxygen atoms in total. The predicted molar refractivity (Wildman–Crippen MR) is 77.8 cm³/mol. The minimum Gasteiger partial charge on any atom is -0.388 e. The number of benzene rings is 1. The standard InChI is InChI=1S/C15H19N3O3/c1-18(11-15(20)5-7-21-8-6-15)14(19)17-13-4-2-3-12(9-13)10-16/h2-4,9,20H,5-8,11H2,1H3,(H,17,19). The van der Waals surface area contributed by atoms with Gasteiger partial charge in [0.1, 0.15) is 0 Å². The van der Waals surface area contributed by atoms with Crippen molar-refractivity contribution in [1.29, 1.82) is 5.26 Å². The molecule has 21 heavy (non-hydrogen) atoms. The van der Waals surface area contributed by atoms with E-state index in [1.165, 1.54) is 4.90 Å². The van der Waals surface area contributed by atoms with E-state index in [0.29, 0.717) is 37.3 Å². The van der Waals surface area contributed by atoms with Gasteiger partial charge in [-0.1, -0.05) is 6.07 Å². The summed E-state index contributed by atoms with van der Waals surface area (Å²) in [6, 6.07) is 8.41. The van der Waals surface area contributed by atoms with Gasteiger partial charge in [-0.15, -0.1) is 0 Å². The molecule has 1 saturated heterocycles. The largest absolute Gasteiger partial charge is 0.388 e.